The number of nitrogens with two attached hydrogens (primary N) is 1. The summed E-state index contributed by atoms with van der Waals surface area (Å²) in [5, 5.41) is 7.02. The van der Waals surface area contributed by atoms with Crippen LogP contribution in [0.2, 0.25) is 0 Å². The SMILES string of the molecule is Cc1cscc1C(=O)NC1CCN(CC(N)=S)CC1. The van der Waals surface area contributed by atoms with Gasteiger partial charge in [-0.3, -0.25) is 9.69 Å². The van der Waals surface area contributed by atoms with Gasteiger partial charge in [0.25, 0.3) is 5.91 Å². The van der Waals surface area contributed by atoms with Crippen LogP contribution in [0.5, 0.6) is 0 Å². The first kappa shape index (κ1) is 14.4. The molecule has 0 atom stereocenters. The van der Waals surface area contributed by atoms with E-state index in [1.807, 2.05) is 17.7 Å². The maximum Gasteiger partial charge on any atom is 0.252 e. The first-order valence-corrected chi connectivity index (χ1v) is 7.75. The molecule has 1 aliphatic heterocycles. The lowest BCUT2D eigenvalue weighted by Crippen LogP contribution is -2.46. The molecule has 1 aromatic rings. The summed E-state index contributed by atoms with van der Waals surface area (Å²) in [6, 6.07) is 0.259. The average Bonchev–Trinajstić information content (AvgIpc) is 2.77. The molecule has 104 valence electrons. The molecule has 2 heterocycles. The van der Waals surface area contributed by atoms with E-state index in [0.717, 1.165) is 37.1 Å². The van der Waals surface area contributed by atoms with Crippen LogP contribution >= 0.6 is 23.6 Å². The number of hydrogen-bond donors (Lipinski definition) is 2. The van der Waals surface area contributed by atoms with E-state index in [9.17, 15) is 4.79 Å². The molecule has 0 spiro atoms. The van der Waals surface area contributed by atoms with Crippen LogP contribution in [0.1, 0.15) is 28.8 Å². The summed E-state index contributed by atoms with van der Waals surface area (Å²) in [7, 11) is 0. The van der Waals surface area contributed by atoms with Gasteiger partial charge >= 0.3 is 0 Å². The molecule has 19 heavy (non-hydrogen) atoms. The predicted octanol–water partition coefficient (Wildman–Crippen LogP) is 1.54. The molecule has 1 aliphatic rings. The van der Waals surface area contributed by atoms with Gasteiger partial charge in [-0.1, -0.05) is 12.2 Å². The molecular weight excluding hydrogens is 278 g/mol. The standard InChI is InChI=1S/C13H19N3OS2/c1-9-7-19-8-11(9)13(17)15-10-2-4-16(5-3-10)6-12(14)18/h7-8,10H,2-6H2,1H3,(H2,14,18)(H,15,17). The number of carbonyl (C=O) groups excluding carboxylic acids is 1. The molecule has 0 aromatic carbocycles. The van der Waals surface area contributed by atoms with Crippen LogP contribution < -0.4 is 11.1 Å². The van der Waals surface area contributed by atoms with E-state index in [1.54, 1.807) is 11.3 Å². The van der Waals surface area contributed by atoms with Gasteiger partial charge in [0.1, 0.15) is 0 Å². The zero-order chi connectivity index (χ0) is 13.8. The zero-order valence-electron chi connectivity index (χ0n) is 11.0. The minimum absolute atomic E-state index is 0.0477. The van der Waals surface area contributed by atoms with E-state index in [0.29, 0.717) is 11.5 Å². The Hall–Kier alpha value is -0.980. The number of rotatable bonds is 4. The summed E-state index contributed by atoms with van der Waals surface area (Å²) >= 11 is 6.48. The number of hydrogen-bond acceptors (Lipinski definition) is 4. The van der Waals surface area contributed by atoms with Crippen molar-refractivity contribution in [3.63, 3.8) is 0 Å². The third-order valence-electron chi connectivity index (χ3n) is 3.40. The van der Waals surface area contributed by atoms with Crippen molar-refractivity contribution in [2.45, 2.75) is 25.8 Å². The molecule has 2 rings (SSSR count). The van der Waals surface area contributed by atoms with Gasteiger partial charge in [0.05, 0.1) is 10.6 Å². The van der Waals surface area contributed by atoms with Crippen molar-refractivity contribution >= 4 is 34.5 Å². The minimum atomic E-state index is 0.0477. The molecule has 0 aliphatic carbocycles. The lowest BCUT2D eigenvalue weighted by atomic mass is 10.0. The van der Waals surface area contributed by atoms with Gasteiger partial charge in [0.2, 0.25) is 0 Å². The Kier molecular flexibility index (Phi) is 4.90. The average molecular weight is 297 g/mol. The van der Waals surface area contributed by atoms with Crippen molar-refractivity contribution < 1.29 is 4.79 Å². The first-order chi connectivity index (χ1) is 9.06. The Bertz CT molecular complexity index is 464. The van der Waals surface area contributed by atoms with E-state index in [4.69, 9.17) is 18.0 Å². The van der Waals surface area contributed by atoms with E-state index in [1.165, 1.54) is 0 Å². The summed E-state index contributed by atoms with van der Waals surface area (Å²) in [6.07, 6.45) is 1.91. The number of nitrogens with one attached hydrogen (secondary N) is 1. The van der Waals surface area contributed by atoms with Crippen LogP contribution in [-0.4, -0.2) is 41.5 Å². The summed E-state index contributed by atoms with van der Waals surface area (Å²) in [4.78, 5) is 14.9. The van der Waals surface area contributed by atoms with Crippen molar-refractivity contribution in [1.82, 2.24) is 10.2 Å². The minimum Gasteiger partial charge on any atom is -0.392 e. The number of carbonyl (C=O) groups is 1. The number of thiocarbonyl (C=S) groups is 1. The Morgan fingerprint density at radius 1 is 1.53 bits per heavy atom. The highest BCUT2D eigenvalue weighted by Crippen LogP contribution is 2.15. The quantitative estimate of drug-likeness (QED) is 0.828. The van der Waals surface area contributed by atoms with E-state index in [-0.39, 0.29) is 11.9 Å². The van der Waals surface area contributed by atoms with Gasteiger partial charge in [-0.25, -0.2) is 0 Å². The van der Waals surface area contributed by atoms with Crippen molar-refractivity contribution in [1.29, 1.82) is 0 Å². The fourth-order valence-electron chi connectivity index (χ4n) is 2.31. The van der Waals surface area contributed by atoms with Crippen LogP contribution in [0.3, 0.4) is 0 Å². The number of amides is 1. The Morgan fingerprint density at radius 3 is 2.74 bits per heavy atom. The third-order valence-corrected chi connectivity index (χ3v) is 4.39. The van der Waals surface area contributed by atoms with Crippen LogP contribution in [0.4, 0.5) is 0 Å². The summed E-state index contributed by atoms with van der Waals surface area (Å²) < 4.78 is 0. The highest BCUT2D eigenvalue weighted by Gasteiger charge is 2.21. The molecule has 0 radical (unpaired) electrons. The molecule has 0 bridgehead atoms. The van der Waals surface area contributed by atoms with Crippen LogP contribution in [-0.2, 0) is 0 Å². The lowest BCUT2D eigenvalue weighted by molar-refractivity contribution is 0.0915. The molecule has 4 nitrogen and oxygen atoms in total. The molecule has 1 aromatic heterocycles. The maximum atomic E-state index is 12.1. The van der Waals surface area contributed by atoms with Crippen molar-refractivity contribution in [2.75, 3.05) is 19.6 Å². The van der Waals surface area contributed by atoms with E-state index in [2.05, 4.69) is 10.2 Å². The fourth-order valence-corrected chi connectivity index (χ4v) is 3.32. The Balaban J connectivity index is 1.81. The Morgan fingerprint density at radius 2 is 2.21 bits per heavy atom. The van der Waals surface area contributed by atoms with Gasteiger partial charge in [-0.2, -0.15) is 11.3 Å². The second kappa shape index (κ2) is 6.45. The van der Waals surface area contributed by atoms with Crippen LogP contribution in [0, 0.1) is 6.92 Å². The lowest BCUT2D eigenvalue weighted by Gasteiger charge is -2.31. The van der Waals surface area contributed by atoms with Gasteiger partial charge in [-0.05, 0) is 30.7 Å². The van der Waals surface area contributed by atoms with Gasteiger partial charge in [-0.15, -0.1) is 0 Å². The number of nitrogens with zero attached hydrogens (tertiary/aromatic N) is 1. The normalized spacial score (nSPS) is 17.3. The summed E-state index contributed by atoms with van der Waals surface area (Å²) in [5.74, 6) is 0.0477. The molecule has 0 unspecified atom stereocenters. The monoisotopic (exact) mass is 297 g/mol. The van der Waals surface area contributed by atoms with Crippen molar-refractivity contribution in [2.24, 2.45) is 5.73 Å². The smallest absolute Gasteiger partial charge is 0.252 e. The van der Waals surface area contributed by atoms with Crippen LogP contribution in [0.15, 0.2) is 10.8 Å². The zero-order valence-corrected chi connectivity index (χ0v) is 12.6. The van der Waals surface area contributed by atoms with Gasteiger partial charge < -0.3 is 11.1 Å². The van der Waals surface area contributed by atoms with E-state index >= 15 is 0 Å². The highest BCUT2D eigenvalue weighted by atomic mass is 32.1. The van der Waals surface area contributed by atoms with Gasteiger partial charge in [0, 0.05) is 31.1 Å². The number of likely N-dealkylation sites (tertiary alicyclic amines) is 1. The maximum absolute atomic E-state index is 12.1. The van der Waals surface area contributed by atoms with Crippen molar-refractivity contribution in [3.8, 4) is 0 Å². The fraction of sp³-hybridized carbons (Fsp3) is 0.538. The van der Waals surface area contributed by atoms with E-state index < -0.39 is 0 Å². The number of aryl methyl sites for hydroxylation is 1. The molecule has 0 saturated carbocycles. The second-order valence-electron chi connectivity index (χ2n) is 4.96. The highest BCUT2D eigenvalue weighted by molar-refractivity contribution is 7.80. The number of piperidine rings is 1. The Labute approximate surface area is 123 Å². The van der Waals surface area contributed by atoms with Crippen LogP contribution in [0.25, 0.3) is 0 Å². The largest absolute Gasteiger partial charge is 0.392 e. The first-order valence-electron chi connectivity index (χ1n) is 6.40. The van der Waals surface area contributed by atoms with Gasteiger partial charge in [0.15, 0.2) is 0 Å². The summed E-state index contributed by atoms with van der Waals surface area (Å²) in [6.45, 7) is 4.52. The third kappa shape index (κ3) is 3.99. The molecule has 3 N–H and O–H groups in total. The molecule has 1 saturated heterocycles. The summed E-state index contributed by atoms with van der Waals surface area (Å²) in [5.41, 5.74) is 7.39. The predicted molar refractivity (Wildman–Crippen MR) is 82.8 cm³/mol. The topological polar surface area (TPSA) is 58.4 Å². The molecule has 1 amide bonds. The molecular formula is C13H19N3OS2. The van der Waals surface area contributed by atoms with Crippen molar-refractivity contribution in [3.05, 3.63) is 21.9 Å². The number of thiophene rings is 1. The molecule has 1 fully saturated rings. The second-order valence-corrected chi connectivity index (χ2v) is 6.23. The molecule has 6 heteroatoms.